The van der Waals surface area contributed by atoms with E-state index in [0.29, 0.717) is 5.56 Å². The molecule has 0 spiro atoms. The second-order valence-corrected chi connectivity index (χ2v) is 5.20. The molecule has 0 heterocycles. The Hall–Kier alpha value is -1.87. The largest absolute Gasteiger partial charge is 0.481 e. The van der Waals surface area contributed by atoms with E-state index < -0.39 is 0 Å². The summed E-state index contributed by atoms with van der Waals surface area (Å²) in [5.41, 5.74) is 8.68. The van der Waals surface area contributed by atoms with Crippen molar-refractivity contribution in [2.75, 3.05) is 0 Å². The summed E-state index contributed by atoms with van der Waals surface area (Å²) in [5, 5.41) is 0. The van der Waals surface area contributed by atoms with E-state index in [0.717, 1.165) is 5.56 Å². The van der Waals surface area contributed by atoms with Crippen LogP contribution in [0.5, 0.6) is 5.75 Å². The van der Waals surface area contributed by atoms with Crippen LogP contribution in [0, 0.1) is 19.7 Å². The maximum absolute atomic E-state index is 14.0. The molecule has 2 atom stereocenters. The molecule has 2 rings (SSSR count). The lowest BCUT2D eigenvalue weighted by atomic mass is 10.0. The van der Waals surface area contributed by atoms with Gasteiger partial charge in [0.15, 0.2) is 11.6 Å². The Labute approximate surface area is 119 Å². The van der Waals surface area contributed by atoms with Gasteiger partial charge in [-0.2, -0.15) is 0 Å². The van der Waals surface area contributed by atoms with E-state index in [9.17, 15) is 4.39 Å². The minimum Gasteiger partial charge on any atom is -0.481 e. The van der Waals surface area contributed by atoms with Crippen LogP contribution in [-0.2, 0) is 0 Å². The summed E-state index contributed by atoms with van der Waals surface area (Å²) in [6.45, 7) is 5.60. The summed E-state index contributed by atoms with van der Waals surface area (Å²) < 4.78 is 19.9. The van der Waals surface area contributed by atoms with E-state index >= 15 is 0 Å². The molecule has 0 fully saturated rings. The molecule has 106 valence electrons. The molecule has 0 radical (unpaired) electrons. The quantitative estimate of drug-likeness (QED) is 0.916. The molecule has 0 bridgehead atoms. The normalized spacial score (nSPS) is 13.8. The van der Waals surface area contributed by atoms with Crippen molar-refractivity contribution in [3.63, 3.8) is 0 Å². The number of hydrogen-bond acceptors (Lipinski definition) is 2. The number of hydrogen-bond donors (Lipinski definition) is 1. The number of nitrogens with two attached hydrogens (primary N) is 1. The number of benzene rings is 2. The Morgan fingerprint density at radius 3 is 2.30 bits per heavy atom. The zero-order valence-corrected chi connectivity index (χ0v) is 12.1. The van der Waals surface area contributed by atoms with Crippen molar-refractivity contribution < 1.29 is 9.13 Å². The van der Waals surface area contributed by atoms with Crippen LogP contribution >= 0.6 is 0 Å². The minimum absolute atomic E-state index is 0.238. The predicted octanol–water partition coefficient (Wildman–Crippen LogP) is 3.91. The third-order valence-corrected chi connectivity index (χ3v) is 3.29. The first-order valence-electron chi connectivity index (χ1n) is 6.73. The highest BCUT2D eigenvalue weighted by Crippen LogP contribution is 2.28. The van der Waals surface area contributed by atoms with E-state index in [1.54, 1.807) is 25.1 Å². The maximum Gasteiger partial charge on any atom is 0.167 e. The second-order valence-electron chi connectivity index (χ2n) is 5.20. The van der Waals surface area contributed by atoms with Gasteiger partial charge in [0.05, 0.1) is 0 Å². The maximum atomic E-state index is 14.0. The van der Waals surface area contributed by atoms with Crippen LogP contribution in [0.2, 0.25) is 0 Å². The van der Waals surface area contributed by atoms with Crippen LogP contribution in [0.1, 0.15) is 29.7 Å². The Morgan fingerprint density at radius 2 is 1.70 bits per heavy atom. The monoisotopic (exact) mass is 273 g/mol. The van der Waals surface area contributed by atoms with Gasteiger partial charge < -0.3 is 10.5 Å². The Bertz CT molecular complexity index is 578. The van der Waals surface area contributed by atoms with Gasteiger partial charge in [0.1, 0.15) is 6.10 Å². The van der Waals surface area contributed by atoms with Crippen LogP contribution in [0.4, 0.5) is 4.39 Å². The molecule has 20 heavy (non-hydrogen) atoms. The molecule has 2 aromatic carbocycles. The average Bonchev–Trinajstić information content (AvgIpc) is 2.41. The van der Waals surface area contributed by atoms with E-state index in [2.05, 4.69) is 0 Å². The first-order valence-corrected chi connectivity index (χ1v) is 6.73. The summed E-state index contributed by atoms with van der Waals surface area (Å²) >= 11 is 0. The molecule has 0 amide bonds. The smallest absolute Gasteiger partial charge is 0.167 e. The SMILES string of the molecule is Cc1ccc(C(Oc2cccc(C)c2F)C(C)N)cc1. The standard InChI is InChI=1S/C17H20FNO/c1-11-7-9-14(10-8-11)17(13(3)19)20-15-6-4-5-12(2)16(15)18/h4-10,13,17H,19H2,1-3H3. The third kappa shape index (κ3) is 3.17. The predicted molar refractivity (Wildman–Crippen MR) is 79.3 cm³/mol. The molecule has 2 unspecified atom stereocenters. The van der Waals surface area contributed by atoms with Gasteiger partial charge in [-0.05, 0) is 38.0 Å². The summed E-state index contributed by atoms with van der Waals surface area (Å²) in [6, 6.07) is 12.8. The molecular formula is C17H20FNO. The van der Waals surface area contributed by atoms with Crippen molar-refractivity contribution in [2.45, 2.75) is 32.9 Å². The van der Waals surface area contributed by atoms with Crippen molar-refractivity contribution in [1.29, 1.82) is 0 Å². The topological polar surface area (TPSA) is 35.2 Å². The number of ether oxygens (including phenoxy) is 1. The number of aryl methyl sites for hydroxylation is 2. The van der Waals surface area contributed by atoms with Gasteiger partial charge in [-0.1, -0.05) is 42.0 Å². The number of rotatable bonds is 4. The number of halogens is 1. The lowest BCUT2D eigenvalue weighted by molar-refractivity contribution is 0.172. The fourth-order valence-corrected chi connectivity index (χ4v) is 2.08. The van der Waals surface area contributed by atoms with E-state index in [-0.39, 0.29) is 23.7 Å². The molecule has 0 saturated carbocycles. The Morgan fingerprint density at radius 1 is 1.05 bits per heavy atom. The van der Waals surface area contributed by atoms with Gasteiger partial charge in [-0.15, -0.1) is 0 Å². The highest BCUT2D eigenvalue weighted by molar-refractivity contribution is 5.32. The summed E-state index contributed by atoms with van der Waals surface area (Å²) in [5.74, 6) is -0.0851. The molecule has 2 N–H and O–H groups in total. The second kappa shape index (κ2) is 6.06. The Kier molecular flexibility index (Phi) is 4.40. The van der Waals surface area contributed by atoms with Gasteiger partial charge >= 0.3 is 0 Å². The van der Waals surface area contributed by atoms with Crippen LogP contribution in [0.15, 0.2) is 42.5 Å². The van der Waals surface area contributed by atoms with Crippen LogP contribution < -0.4 is 10.5 Å². The summed E-state index contributed by atoms with van der Waals surface area (Å²) in [7, 11) is 0. The lowest BCUT2D eigenvalue weighted by Crippen LogP contribution is -2.29. The fraction of sp³-hybridized carbons (Fsp3) is 0.294. The fourth-order valence-electron chi connectivity index (χ4n) is 2.08. The molecule has 0 aliphatic heterocycles. The van der Waals surface area contributed by atoms with E-state index in [1.807, 2.05) is 38.1 Å². The van der Waals surface area contributed by atoms with Gasteiger partial charge in [-0.25, -0.2) is 4.39 Å². The van der Waals surface area contributed by atoms with Crippen LogP contribution in [-0.4, -0.2) is 6.04 Å². The molecule has 0 aromatic heterocycles. The molecule has 2 aromatic rings. The molecule has 3 heteroatoms. The molecule has 0 aliphatic carbocycles. The highest BCUT2D eigenvalue weighted by Gasteiger charge is 2.20. The van der Waals surface area contributed by atoms with Gasteiger partial charge in [-0.3, -0.25) is 0 Å². The van der Waals surface area contributed by atoms with Crippen molar-refractivity contribution >= 4 is 0 Å². The molecule has 0 aliphatic rings. The zero-order valence-electron chi connectivity index (χ0n) is 12.1. The van der Waals surface area contributed by atoms with Crippen molar-refractivity contribution in [3.8, 4) is 5.75 Å². The first kappa shape index (κ1) is 14.5. The van der Waals surface area contributed by atoms with Gasteiger partial charge in [0.25, 0.3) is 0 Å². The van der Waals surface area contributed by atoms with E-state index in [4.69, 9.17) is 10.5 Å². The van der Waals surface area contributed by atoms with Crippen LogP contribution in [0.3, 0.4) is 0 Å². The van der Waals surface area contributed by atoms with E-state index in [1.165, 1.54) is 5.56 Å². The van der Waals surface area contributed by atoms with Crippen LogP contribution in [0.25, 0.3) is 0 Å². The lowest BCUT2D eigenvalue weighted by Gasteiger charge is -2.23. The van der Waals surface area contributed by atoms with Gasteiger partial charge in [0, 0.05) is 6.04 Å². The van der Waals surface area contributed by atoms with Crippen molar-refractivity contribution in [1.82, 2.24) is 0 Å². The molecular weight excluding hydrogens is 253 g/mol. The highest BCUT2D eigenvalue weighted by atomic mass is 19.1. The first-order chi connectivity index (χ1) is 9.49. The minimum atomic E-state index is -0.369. The van der Waals surface area contributed by atoms with Crippen molar-refractivity contribution in [3.05, 3.63) is 65.0 Å². The van der Waals surface area contributed by atoms with Gasteiger partial charge in [0.2, 0.25) is 0 Å². The Balaban J connectivity index is 2.30. The summed E-state index contributed by atoms with van der Waals surface area (Å²) in [6.07, 6.45) is -0.369. The third-order valence-electron chi connectivity index (χ3n) is 3.29. The molecule has 2 nitrogen and oxygen atoms in total. The molecule has 0 saturated heterocycles. The summed E-state index contributed by atoms with van der Waals surface area (Å²) in [4.78, 5) is 0. The average molecular weight is 273 g/mol. The zero-order chi connectivity index (χ0) is 14.7. The van der Waals surface area contributed by atoms with Crippen molar-refractivity contribution in [2.24, 2.45) is 5.73 Å².